The molecule has 0 bridgehead atoms. The zero-order valence-electron chi connectivity index (χ0n) is 25.1. The van der Waals surface area contributed by atoms with E-state index in [-0.39, 0.29) is 0 Å². The summed E-state index contributed by atoms with van der Waals surface area (Å²) in [5.74, 6) is 0. The molecule has 0 aromatic rings. The molecule has 6 nitrogen and oxygen atoms in total. The minimum absolute atomic E-state index is 0.565. The van der Waals surface area contributed by atoms with Crippen LogP contribution in [-0.4, -0.2) is 78.6 Å². The average Bonchev–Trinajstić information content (AvgIpc) is 2.87. The van der Waals surface area contributed by atoms with Gasteiger partial charge in [0.2, 0.25) is 0 Å². The van der Waals surface area contributed by atoms with Crippen molar-refractivity contribution < 1.29 is 26.6 Å². The third-order valence-corrected chi connectivity index (χ3v) is 18.8. The molecule has 0 atom stereocenters. The van der Waals surface area contributed by atoms with Crippen molar-refractivity contribution in [2.75, 3.05) is 42.7 Å². The summed E-state index contributed by atoms with van der Waals surface area (Å²) in [4.78, 5) is 0. The van der Waals surface area contributed by atoms with Crippen molar-refractivity contribution in [1.29, 1.82) is 0 Å². The molecular formula is C25H60O6Si4. The summed E-state index contributed by atoms with van der Waals surface area (Å²) in [5.41, 5.74) is 0. The van der Waals surface area contributed by atoms with Gasteiger partial charge in [-0.05, 0) is 42.8 Å². The lowest BCUT2D eigenvalue weighted by atomic mass is 9.88. The van der Waals surface area contributed by atoms with Gasteiger partial charge in [0.1, 0.15) is 0 Å². The van der Waals surface area contributed by atoms with Crippen LogP contribution in [0.15, 0.2) is 0 Å². The van der Waals surface area contributed by atoms with E-state index in [4.69, 9.17) is 26.6 Å². The van der Waals surface area contributed by atoms with E-state index in [2.05, 4.69) is 19.6 Å². The summed E-state index contributed by atoms with van der Waals surface area (Å²) < 4.78 is 34.0. The summed E-state index contributed by atoms with van der Waals surface area (Å²) in [6, 6.07) is 3.28. The van der Waals surface area contributed by atoms with Crippen molar-refractivity contribution in [2.24, 2.45) is 0 Å². The number of hydrogen-bond donors (Lipinski definition) is 0. The zero-order valence-corrected chi connectivity index (χ0v) is 30.1. The van der Waals surface area contributed by atoms with Crippen molar-refractivity contribution >= 4 is 35.9 Å². The van der Waals surface area contributed by atoms with E-state index in [9.17, 15) is 0 Å². The number of rotatable bonds is 24. The van der Waals surface area contributed by atoms with E-state index in [0.29, 0.717) is 5.04 Å². The van der Waals surface area contributed by atoms with Gasteiger partial charge in [-0.25, -0.2) is 0 Å². The van der Waals surface area contributed by atoms with Crippen molar-refractivity contribution in [1.82, 2.24) is 0 Å². The minimum Gasteiger partial charge on any atom is -0.398 e. The monoisotopic (exact) mass is 568 g/mol. The highest BCUT2D eigenvalue weighted by atomic mass is 28.4. The van der Waals surface area contributed by atoms with Crippen LogP contribution in [0, 0.1) is 0 Å². The van der Waals surface area contributed by atoms with E-state index < -0.39 is 25.7 Å². The average molecular weight is 569 g/mol. The van der Waals surface area contributed by atoms with Crippen molar-refractivity contribution in [3.8, 4) is 0 Å². The van der Waals surface area contributed by atoms with Crippen LogP contribution in [-0.2, 0) is 26.6 Å². The van der Waals surface area contributed by atoms with Crippen LogP contribution < -0.4 is 0 Å². The van der Waals surface area contributed by atoms with Gasteiger partial charge in [0, 0.05) is 52.9 Å². The van der Waals surface area contributed by atoms with Gasteiger partial charge in [0.15, 0.2) is 0 Å². The lowest BCUT2D eigenvalue weighted by Gasteiger charge is -2.31. The first-order valence-corrected chi connectivity index (χ1v) is 22.4. The number of unbranched alkanes of at least 4 members (excludes halogenated alkanes) is 6. The summed E-state index contributed by atoms with van der Waals surface area (Å²) >= 11 is 0. The molecule has 0 unspecified atom stereocenters. The fourth-order valence-electron chi connectivity index (χ4n) is 4.76. The van der Waals surface area contributed by atoms with E-state index >= 15 is 0 Å². The molecule has 0 rings (SSSR count). The van der Waals surface area contributed by atoms with E-state index in [1.165, 1.54) is 87.3 Å². The first-order valence-electron chi connectivity index (χ1n) is 13.8. The molecule has 0 N–H and O–H groups in total. The van der Waals surface area contributed by atoms with Crippen molar-refractivity contribution in [3.05, 3.63) is 0 Å². The first-order chi connectivity index (χ1) is 16.5. The lowest BCUT2D eigenvalue weighted by Crippen LogP contribution is -2.35. The molecule has 0 amide bonds. The van der Waals surface area contributed by atoms with Crippen LogP contribution in [0.5, 0.6) is 0 Å². The second-order valence-electron chi connectivity index (χ2n) is 11.1. The second-order valence-corrected chi connectivity index (χ2v) is 24.0. The van der Waals surface area contributed by atoms with Gasteiger partial charge < -0.3 is 26.6 Å². The maximum Gasteiger partial charge on any atom is 0.334 e. The molecule has 10 heteroatoms. The molecule has 0 saturated carbocycles. The van der Waals surface area contributed by atoms with Crippen LogP contribution in [0.3, 0.4) is 0 Å². The van der Waals surface area contributed by atoms with Crippen LogP contribution in [0.1, 0.15) is 77.0 Å². The van der Waals surface area contributed by atoms with Crippen molar-refractivity contribution in [3.63, 3.8) is 0 Å². The third-order valence-electron chi connectivity index (χ3n) is 8.32. The summed E-state index contributed by atoms with van der Waals surface area (Å²) in [7, 11) is 6.30. The smallest absolute Gasteiger partial charge is 0.334 e. The standard InChI is InChI=1S/C25H60O6Si4/c1-26-33(7,27-2)22-16-10-13-19-25(32,20-14-11-17-23-34(8,28-3)29-4)21-15-12-18-24-35(9,30-5)31-6/h10-24H2,1-9,32H3. The molecule has 0 fully saturated rings. The molecule has 0 aromatic carbocycles. The Balaban J connectivity index is 4.62. The summed E-state index contributed by atoms with van der Waals surface area (Å²) in [6.07, 6.45) is 15.6. The predicted octanol–water partition coefficient (Wildman–Crippen LogP) is 6.29. The molecule has 0 heterocycles. The molecule has 35 heavy (non-hydrogen) atoms. The Morgan fingerprint density at radius 1 is 0.429 bits per heavy atom. The molecule has 0 aliphatic heterocycles. The highest BCUT2D eigenvalue weighted by molar-refractivity contribution is 6.66. The highest BCUT2D eigenvalue weighted by Gasteiger charge is 2.30. The molecule has 212 valence electrons. The SMILES string of the molecule is CO[Si](C)(CCCCCC([SiH3])(CCCCC[Si](C)(OC)OC)CCCCC[Si](C)(OC)OC)OC. The van der Waals surface area contributed by atoms with Gasteiger partial charge in [-0.2, -0.15) is 0 Å². The largest absolute Gasteiger partial charge is 0.398 e. The van der Waals surface area contributed by atoms with Gasteiger partial charge in [0.25, 0.3) is 0 Å². The van der Waals surface area contributed by atoms with Gasteiger partial charge in [0.05, 0.1) is 0 Å². The molecule has 0 saturated heterocycles. The topological polar surface area (TPSA) is 55.4 Å². The lowest BCUT2D eigenvalue weighted by molar-refractivity contribution is 0.247. The van der Waals surface area contributed by atoms with Gasteiger partial charge in [-0.3, -0.25) is 0 Å². The van der Waals surface area contributed by atoms with Crippen LogP contribution in [0.4, 0.5) is 0 Å². The first kappa shape index (κ1) is 35.6. The Bertz CT molecular complexity index is 445. The Kier molecular flexibility index (Phi) is 19.1. The maximum atomic E-state index is 5.66. The van der Waals surface area contributed by atoms with Crippen molar-refractivity contribution in [2.45, 2.75) is 120 Å². The fraction of sp³-hybridized carbons (Fsp3) is 1.00. The zero-order chi connectivity index (χ0) is 26.8. The normalized spacial score (nSPS) is 13.6. The van der Waals surface area contributed by atoms with Gasteiger partial charge in [-0.15, -0.1) is 0 Å². The quantitative estimate of drug-likeness (QED) is 0.101. The highest BCUT2D eigenvalue weighted by Crippen LogP contribution is 2.41. The van der Waals surface area contributed by atoms with E-state index in [0.717, 1.165) is 18.1 Å². The van der Waals surface area contributed by atoms with Gasteiger partial charge in [-0.1, -0.05) is 77.0 Å². The molecular weight excluding hydrogens is 509 g/mol. The molecule has 0 radical (unpaired) electrons. The summed E-state index contributed by atoms with van der Waals surface area (Å²) in [5, 5.41) is 0.565. The Labute approximate surface area is 224 Å². The Morgan fingerprint density at radius 3 is 0.857 bits per heavy atom. The molecule has 0 spiro atoms. The van der Waals surface area contributed by atoms with E-state index in [1.807, 2.05) is 0 Å². The van der Waals surface area contributed by atoms with Crippen LogP contribution in [0.2, 0.25) is 42.8 Å². The second kappa shape index (κ2) is 18.8. The number of hydrogen-bond acceptors (Lipinski definition) is 6. The van der Waals surface area contributed by atoms with Gasteiger partial charge >= 0.3 is 25.7 Å². The Morgan fingerprint density at radius 2 is 0.657 bits per heavy atom. The minimum atomic E-state index is -1.92. The fourth-order valence-corrected chi connectivity index (χ4v) is 10.2. The molecule has 0 aromatic heterocycles. The molecule has 0 aliphatic rings. The maximum absolute atomic E-state index is 5.66. The molecule has 0 aliphatic carbocycles. The van der Waals surface area contributed by atoms with Crippen LogP contribution >= 0.6 is 0 Å². The Hall–Kier alpha value is 0.628. The van der Waals surface area contributed by atoms with E-state index in [1.54, 1.807) is 42.7 Å². The summed E-state index contributed by atoms with van der Waals surface area (Å²) in [6.45, 7) is 6.52. The third kappa shape index (κ3) is 15.6. The predicted molar refractivity (Wildman–Crippen MR) is 159 cm³/mol. The van der Waals surface area contributed by atoms with Crippen LogP contribution in [0.25, 0.3) is 0 Å².